The molecule has 0 spiro atoms. The highest BCUT2D eigenvalue weighted by atomic mass is 32.2. The molecule has 0 aliphatic heterocycles. The van der Waals surface area contributed by atoms with Crippen molar-refractivity contribution in [2.45, 2.75) is 18.2 Å². The van der Waals surface area contributed by atoms with Crippen molar-refractivity contribution in [1.82, 2.24) is 0 Å². The van der Waals surface area contributed by atoms with E-state index in [-0.39, 0.29) is 5.63 Å². The number of benzene rings is 3. The van der Waals surface area contributed by atoms with Crippen molar-refractivity contribution in [1.29, 1.82) is 0 Å². The van der Waals surface area contributed by atoms with Gasteiger partial charge in [-0.05, 0) is 47.6 Å². The van der Waals surface area contributed by atoms with Gasteiger partial charge in [-0.3, -0.25) is 0 Å². The van der Waals surface area contributed by atoms with Crippen LogP contribution in [-0.4, -0.2) is 6.26 Å². The summed E-state index contributed by atoms with van der Waals surface area (Å²) in [6.07, 6.45) is 3.02. The highest BCUT2D eigenvalue weighted by Crippen LogP contribution is 2.34. The quantitative estimate of drug-likeness (QED) is 0.342. The molecular formula is C26H22O2S. The molecule has 4 aromatic rings. The van der Waals surface area contributed by atoms with Gasteiger partial charge in [0.05, 0.1) is 5.56 Å². The van der Waals surface area contributed by atoms with E-state index in [0.29, 0.717) is 11.3 Å². The summed E-state index contributed by atoms with van der Waals surface area (Å²) in [5.74, 6) is 0.584. The van der Waals surface area contributed by atoms with Gasteiger partial charge in [0.1, 0.15) is 5.76 Å². The first-order valence-corrected chi connectivity index (χ1v) is 10.9. The summed E-state index contributed by atoms with van der Waals surface area (Å²) in [6.45, 7) is 2.12. The van der Waals surface area contributed by atoms with Crippen molar-refractivity contribution < 1.29 is 4.42 Å². The zero-order chi connectivity index (χ0) is 20.2. The van der Waals surface area contributed by atoms with E-state index in [2.05, 4.69) is 19.1 Å². The lowest BCUT2D eigenvalue weighted by Gasteiger charge is -2.12. The fourth-order valence-electron chi connectivity index (χ4n) is 3.42. The summed E-state index contributed by atoms with van der Waals surface area (Å²) in [7, 11) is 0. The third-order valence-electron chi connectivity index (χ3n) is 5.06. The van der Waals surface area contributed by atoms with E-state index < -0.39 is 0 Å². The fourth-order valence-corrected chi connectivity index (χ4v) is 3.83. The maximum atomic E-state index is 13.1. The van der Waals surface area contributed by atoms with Crippen LogP contribution >= 0.6 is 11.8 Å². The van der Waals surface area contributed by atoms with Crippen molar-refractivity contribution in [3.05, 3.63) is 101 Å². The average Bonchev–Trinajstić information content (AvgIpc) is 2.79. The Labute approximate surface area is 175 Å². The van der Waals surface area contributed by atoms with E-state index in [1.165, 1.54) is 5.56 Å². The Kier molecular flexibility index (Phi) is 5.68. The van der Waals surface area contributed by atoms with E-state index in [9.17, 15) is 4.79 Å². The maximum Gasteiger partial charge on any atom is 0.344 e. The minimum atomic E-state index is -0.321. The average molecular weight is 399 g/mol. The SMILES string of the molecule is CCc1ccc(-c2cc(-c3ccccc3)c(-c3ccc(SC)cc3)c(=O)o2)cc1. The van der Waals surface area contributed by atoms with Crippen LogP contribution in [0.25, 0.3) is 33.6 Å². The van der Waals surface area contributed by atoms with Crippen molar-refractivity contribution in [3.8, 4) is 33.6 Å². The molecule has 0 aliphatic carbocycles. The molecule has 1 heterocycles. The van der Waals surface area contributed by atoms with Gasteiger partial charge < -0.3 is 4.42 Å². The van der Waals surface area contributed by atoms with Crippen molar-refractivity contribution in [2.75, 3.05) is 6.26 Å². The largest absolute Gasteiger partial charge is 0.422 e. The molecule has 144 valence electrons. The second-order valence-electron chi connectivity index (χ2n) is 6.83. The van der Waals surface area contributed by atoms with Crippen LogP contribution in [0.3, 0.4) is 0 Å². The van der Waals surface area contributed by atoms with Gasteiger partial charge in [-0.1, -0.05) is 73.7 Å². The molecule has 0 saturated heterocycles. The first-order chi connectivity index (χ1) is 14.2. The van der Waals surface area contributed by atoms with Gasteiger partial charge in [-0.25, -0.2) is 4.79 Å². The van der Waals surface area contributed by atoms with Crippen LogP contribution in [0.15, 0.2) is 99.0 Å². The Morgan fingerprint density at radius 2 is 1.45 bits per heavy atom. The molecule has 0 N–H and O–H groups in total. The van der Waals surface area contributed by atoms with Gasteiger partial charge in [0, 0.05) is 16.0 Å². The number of rotatable bonds is 5. The Morgan fingerprint density at radius 1 is 0.793 bits per heavy atom. The Hall–Kier alpha value is -3.04. The van der Waals surface area contributed by atoms with Crippen LogP contribution in [0, 0.1) is 0 Å². The van der Waals surface area contributed by atoms with Crippen LogP contribution in [0.2, 0.25) is 0 Å². The highest BCUT2D eigenvalue weighted by molar-refractivity contribution is 7.98. The topological polar surface area (TPSA) is 30.2 Å². The Bertz CT molecular complexity index is 1160. The number of hydrogen-bond acceptors (Lipinski definition) is 3. The molecule has 0 amide bonds. The molecule has 0 atom stereocenters. The van der Waals surface area contributed by atoms with Gasteiger partial charge in [0.15, 0.2) is 0 Å². The van der Waals surface area contributed by atoms with Gasteiger partial charge in [0.2, 0.25) is 0 Å². The zero-order valence-corrected chi connectivity index (χ0v) is 17.3. The van der Waals surface area contributed by atoms with Gasteiger partial charge in [-0.2, -0.15) is 0 Å². The summed E-state index contributed by atoms with van der Waals surface area (Å²) in [6, 6.07) is 28.2. The molecule has 1 aromatic heterocycles. The summed E-state index contributed by atoms with van der Waals surface area (Å²) >= 11 is 1.68. The second-order valence-corrected chi connectivity index (χ2v) is 7.71. The number of thioether (sulfide) groups is 1. The first-order valence-electron chi connectivity index (χ1n) is 9.67. The predicted octanol–water partition coefficient (Wildman–Crippen LogP) is 6.93. The maximum absolute atomic E-state index is 13.1. The van der Waals surface area contributed by atoms with Gasteiger partial charge >= 0.3 is 5.63 Å². The Balaban J connectivity index is 1.91. The van der Waals surface area contributed by atoms with Crippen molar-refractivity contribution in [2.24, 2.45) is 0 Å². The molecule has 0 aliphatic rings. The fraction of sp³-hybridized carbons (Fsp3) is 0.115. The van der Waals surface area contributed by atoms with Crippen LogP contribution in [0.4, 0.5) is 0 Å². The molecule has 0 radical (unpaired) electrons. The van der Waals surface area contributed by atoms with E-state index in [1.807, 2.05) is 79.1 Å². The molecule has 0 bridgehead atoms. The summed E-state index contributed by atoms with van der Waals surface area (Å²) in [5.41, 5.74) is 5.17. The number of aryl methyl sites for hydroxylation is 1. The lowest BCUT2D eigenvalue weighted by molar-refractivity contribution is 0.529. The van der Waals surface area contributed by atoms with Crippen LogP contribution in [0.1, 0.15) is 12.5 Å². The van der Waals surface area contributed by atoms with E-state index in [1.54, 1.807) is 11.8 Å². The lowest BCUT2D eigenvalue weighted by atomic mass is 9.95. The molecule has 0 fully saturated rings. The van der Waals surface area contributed by atoms with Gasteiger partial charge in [-0.15, -0.1) is 11.8 Å². The molecule has 3 heteroatoms. The van der Waals surface area contributed by atoms with Crippen molar-refractivity contribution in [3.63, 3.8) is 0 Å². The smallest absolute Gasteiger partial charge is 0.344 e. The third-order valence-corrected chi connectivity index (χ3v) is 5.81. The highest BCUT2D eigenvalue weighted by Gasteiger charge is 2.16. The van der Waals surface area contributed by atoms with Gasteiger partial charge in [0.25, 0.3) is 0 Å². The second kappa shape index (κ2) is 8.54. The van der Waals surface area contributed by atoms with E-state index in [0.717, 1.165) is 33.6 Å². The zero-order valence-electron chi connectivity index (χ0n) is 16.5. The minimum absolute atomic E-state index is 0.321. The van der Waals surface area contributed by atoms with Crippen molar-refractivity contribution >= 4 is 11.8 Å². The molecule has 2 nitrogen and oxygen atoms in total. The normalized spacial score (nSPS) is 10.8. The van der Waals surface area contributed by atoms with E-state index >= 15 is 0 Å². The summed E-state index contributed by atoms with van der Waals surface area (Å²) < 4.78 is 5.78. The lowest BCUT2D eigenvalue weighted by Crippen LogP contribution is -2.06. The third kappa shape index (κ3) is 4.06. The van der Waals surface area contributed by atoms with Crippen LogP contribution in [-0.2, 0) is 6.42 Å². The summed E-state index contributed by atoms with van der Waals surface area (Å²) in [4.78, 5) is 14.3. The molecule has 0 saturated carbocycles. The first kappa shape index (κ1) is 19.3. The molecule has 29 heavy (non-hydrogen) atoms. The minimum Gasteiger partial charge on any atom is -0.422 e. The molecule has 4 rings (SSSR count). The Morgan fingerprint density at radius 3 is 2.07 bits per heavy atom. The van der Waals surface area contributed by atoms with Crippen LogP contribution < -0.4 is 5.63 Å². The monoisotopic (exact) mass is 398 g/mol. The van der Waals surface area contributed by atoms with Crippen LogP contribution in [0.5, 0.6) is 0 Å². The molecule has 0 unspecified atom stereocenters. The molecular weight excluding hydrogens is 376 g/mol. The predicted molar refractivity (Wildman–Crippen MR) is 122 cm³/mol. The standard InChI is InChI=1S/C26H22O2S/c1-3-18-9-11-20(12-10-18)24-17-23(19-7-5-4-6-8-19)25(26(27)28-24)21-13-15-22(29-2)16-14-21/h4-17H,3H2,1-2H3. The summed E-state index contributed by atoms with van der Waals surface area (Å²) in [5, 5.41) is 0. The number of hydrogen-bond donors (Lipinski definition) is 0. The molecule has 3 aromatic carbocycles. The van der Waals surface area contributed by atoms with E-state index in [4.69, 9.17) is 4.42 Å².